The molecule has 0 radical (unpaired) electrons. The molecule has 6 heteroatoms. The summed E-state index contributed by atoms with van der Waals surface area (Å²) < 4.78 is 27.1. The predicted octanol–water partition coefficient (Wildman–Crippen LogP) is 1.98. The van der Waals surface area contributed by atoms with Crippen LogP contribution in [0.2, 0.25) is 0 Å². The van der Waals surface area contributed by atoms with E-state index in [9.17, 15) is 8.42 Å². The van der Waals surface area contributed by atoms with Gasteiger partial charge in [0.1, 0.15) is 10.7 Å². The summed E-state index contributed by atoms with van der Waals surface area (Å²) in [5.41, 5.74) is 0. The number of hydrogen-bond donors (Lipinski definition) is 2. The Morgan fingerprint density at radius 3 is 2.78 bits per heavy atom. The molecule has 102 valence electrons. The van der Waals surface area contributed by atoms with Crippen LogP contribution in [0.3, 0.4) is 0 Å². The van der Waals surface area contributed by atoms with Crippen molar-refractivity contribution in [2.75, 3.05) is 12.4 Å². The molecular weight excluding hydrogens is 250 g/mol. The van der Waals surface area contributed by atoms with Gasteiger partial charge in [0.2, 0.25) is 10.0 Å². The van der Waals surface area contributed by atoms with E-state index >= 15 is 0 Å². The molecule has 0 fully saturated rings. The Morgan fingerprint density at radius 2 is 2.17 bits per heavy atom. The van der Waals surface area contributed by atoms with Gasteiger partial charge in [0.05, 0.1) is 0 Å². The van der Waals surface area contributed by atoms with Gasteiger partial charge in [-0.1, -0.05) is 19.8 Å². The van der Waals surface area contributed by atoms with Gasteiger partial charge in [-0.3, -0.25) is 0 Å². The molecule has 1 aromatic rings. The highest BCUT2D eigenvalue weighted by molar-refractivity contribution is 7.89. The normalized spacial score (nSPS) is 13.3. The molecular formula is C12H21N3O2S. The molecule has 1 heterocycles. The van der Waals surface area contributed by atoms with Crippen molar-refractivity contribution in [3.05, 3.63) is 18.3 Å². The molecule has 0 saturated carbocycles. The molecule has 1 aromatic heterocycles. The van der Waals surface area contributed by atoms with Crippen LogP contribution in [0.1, 0.15) is 33.1 Å². The van der Waals surface area contributed by atoms with Crippen LogP contribution < -0.4 is 10.0 Å². The third kappa shape index (κ3) is 3.96. The van der Waals surface area contributed by atoms with Gasteiger partial charge in [0, 0.05) is 19.3 Å². The van der Waals surface area contributed by atoms with Gasteiger partial charge in [-0.2, -0.15) is 0 Å². The smallest absolute Gasteiger partial charge is 0.244 e. The Hall–Kier alpha value is -1.14. The van der Waals surface area contributed by atoms with Gasteiger partial charge in [-0.05, 0) is 25.5 Å². The second-order valence-electron chi connectivity index (χ2n) is 4.26. The Labute approximate surface area is 109 Å². The van der Waals surface area contributed by atoms with Crippen molar-refractivity contribution >= 4 is 15.8 Å². The molecule has 1 unspecified atom stereocenters. The molecule has 0 aliphatic rings. The molecule has 18 heavy (non-hydrogen) atoms. The highest BCUT2D eigenvalue weighted by Gasteiger charge is 2.20. The van der Waals surface area contributed by atoms with Gasteiger partial charge in [-0.15, -0.1) is 0 Å². The lowest BCUT2D eigenvalue weighted by molar-refractivity contribution is 0.534. The zero-order valence-corrected chi connectivity index (χ0v) is 11.9. The number of nitrogens with zero attached hydrogens (tertiary/aromatic N) is 1. The number of rotatable bonds is 7. The fourth-order valence-corrected chi connectivity index (χ4v) is 3.13. The Morgan fingerprint density at radius 1 is 1.44 bits per heavy atom. The van der Waals surface area contributed by atoms with Crippen LogP contribution in [0.5, 0.6) is 0 Å². The van der Waals surface area contributed by atoms with Crippen LogP contribution in [0.15, 0.2) is 23.2 Å². The first-order valence-corrected chi connectivity index (χ1v) is 7.64. The monoisotopic (exact) mass is 271 g/mol. The largest absolute Gasteiger partial charge is 0.372 e. The van der Waals surface area contributed by atoms with Crippen molar-refractivity contribution in [2.24, 2.45) is 0 Å². The van der Waals surface area contributed by atoms with Crippen LogP contribution in [0.25, 0.3) is 0 Å². The van der Waals surface area contributed by atoms with Gasteiger partial charge < -0.3 is 5.32 Å². The highest BCUT2D eigenvalue weighted by Crippen LogP contribution is 2.18. The molecule has 0 spiro atoms. The summed E-state index contributed by atoms with van der Waals surface area (Å²) in [6.45, 7) is 3.96. The van der Waals surface area contributed by atoms with Crippen LogP contribution in [0, 0.1) is 0 Å². The number of anilines is 1. The van der Waals surface area contributed by atoms with E-state index in [4.69, 9.17) is 0 Å². The molecule has 1 rings (SSSR count). The number of hydrogen-bond acceptors (Lipinski definition) is 4. The molecule has 0 bridgehead atoms. The van der Waals surface area contributed by atoms with E-state index in [2.05, 4.69) is 21.9 Å². The first-order chi connectivity index (χ1) is 8.51. The molecule has 0 aliphatic carbocycles. The Kier molecular flexibility index (Phi) is 5.55. The van der Waals surface area contributed by atoms with Crippen LogP contribution in [-0.4, -0.2) is 26.5 Å². The zero-order chi connectivity index (χ0) is 13.6. The van der Waals surface area contributed by atoms with E-state index in [1.54, 1.807) is 25.4 Å². The lowest BCUT2D eigenvalue weighted by Gasteiger charge is -2.15. The first-order valence-electron chi connectivity index (χ1n) is 6.16. The van der Waals surface area contributed by atoms with Crippen molar-refractivity contribution in [3.63, 3.8) is 0 Å². The average Bonchev–Trinajstić information content (AvgIpc) is 2.35. The lowest BCUT2D eigenvalue weighted by atomic mass is 10.2. The van der Waals surface area contributed by atoms with Crippen molar-refractivity contribution in [1.82, 2.24) is 9.71 Å². The van der Waals surface area contributed by atoms with E-state index < -0.39 is 10.0 Å². The maximum absolute atomic E-state index is 12.2. The second kappa shape index (κ2) is 6.70. The van der Waals surface area contributed by atoms with E-state index in [0.29, 0.717) is 5.82 Å². The summed E-state index contributed by atoms with van der Waals surface area (Å²) in [6.07, 6.45) is 4.46. The molecule has 1 atom stereocenters. The van der Waals surface area contributed by atoms with Gasteiger partial charge in [-0.25, -0.2) is 18.1 Å². The molecule has 5 nitrogen and oxygen atoms in total. The van der Waals surface area contributed by atoms with E-state index in [1.165, 1.54) is 0 Å². The average molecular weight is 271 g/mol. The molecule has 0 aliphatic heterocycles. The topological polar surface area (TPSA) is 71.1 Å². The summed E-state index contributed by atoms with van der Waals surface area (Å²) in [5, 5.41) is 2.79. The Balaban J connectivity index is 2.86. The van der Waals surface area contributed by atoms with E-state index in [0.717, 1.165) is 19.3 Å². The number of nitrogens with one attached hydrogen (secondary N) is 2. The van der Waals surface area contributed by atoms with Crippen molar-refractivity contribution in [2.45, 2.75) is 44.0 Å². The summed E-state index contributed by atoms with van der Waals surface area (Å²) >= 11 is 0. The lowest BCUT2D eigenvalue weighted by Crippen LogP contribution is -2.33. The van der Waals surface area contributed by atoms with Gasteiger partial charge in [0.25, 0.3) is 0 Å². The molecule has 0 saturated heterocycles. The zero-order valence-electron chi connectivity index (χ0n) is 11.1. The third-order valence-corrected chi connectivity index (χ3v) is 4.27. The fraction of sp³-hybridized carbons (Fsp3) is 0.583. The molecule has 0 aromatic carbocycles. The number of pyridine rings is 1. The maximum Gasteiger partial charge on any atom is 0.244 e. The van der Waals surface area contributed by atoms with Crippen molar-refractivity contribution < 1.29 is 8.42 Å². The number of unbranched alkanes of at least 4 members (excludes halogenated alkanes) is 1. The van der Waals surface area contributed by atoms with Crippen LogP contribution >= 0.6 is 0 Å². The predicted molar refractivity (Wildman–Crippen MR) is 73.1 cm³/mol. The summed E-state index contributed by atoms with van der Waals surface area (Å²) in [4.78, 5) is 4.19. The summed E-state index contributed by atoms with van der Waals surface area (Å²) in [5.74, 6) is 0.368. The first kappa shape index (κ1) is 14.9. The number of aromatic nitrogens is 1. The number of sulfonamides is 1. The minimum Gasteiger partial charge on any atom is -0.372 e. The third-order valence-electron chi connectivity index (χ3n) is 2.64. The summed E-state index contributed by atoms with van der Waals surface area (Å²) in [7, 11) is -1.85. The standard InChI is InChI=1S/C12H21N3O2S/c1-4-5-7-10(2)15-18(16,17)11-8-6-9-14-12(11)13-3/h6,8-10,15H,4-5,7H2,1-3H3,(H,13,14). The quantitative estimate of drug-likeness (QED) is 0.795. The maximum atomic E-state index is 12.2. The van der Waals surface area contributed by atoms with E-state index in [-0.39, 0.29) is 10.9 Å². The van der Waals surface area contributed by atoms with Gasteiger partial charge in [0.15, 0.2) is 0 Å². The second-order valence-corrected chi connectivity index (χ2v) is 5.95. The minimum absolute atomic E-state index is 0.0696. The molecule has 0 amide bonds. The highest BCUT2D eigenvalue weighted by atomic mass is 32.2. The van der Waals surface area contributed by atoms with Crippen molar-refractivity contribution in [3.8, 4) is 0 Å². The van der Waals surface area contributed by atoms with E-state index in [1.807, 2.05) is 6.92 Å². The fourth-order valence-electron chi connectivity index (χ4n) is 1.69. The minimum atomic E-state index is -3.51. The van der Waals surface area contributed by atoms with Crippen molar-refractivity contribution in [1.29, 1.82) is 0 Å². The SMILES string of the molecule is CCCCC(C)NS(=O)(=O)c1cccnc1NC. The summed E-state index contributed by atoms with van der Waals surface area (Å²) in [6, 6.07) is 3.10. The Bertz CT molecular complexity index is 474. The van der Waals surface area contributed by atoms with Crippen LogP contribution in [-0.2, 0) is 10.0 Å². The van der Waals surface area contributed by atoms with Crippen LogP contribution in [0.4, 0.5) is 5.82 Å². The van der Waals surface area contributed by atoms with Gasteiger partial charge >= 0.3 is 0 Å². The molecule has 2 N–H and O–H groups in total.